The third-order valence-corrected chi connectivity index (χ3v) is 5.37. The topological polar surface area (TPSA) is 12.0 Å². The molecule has 0 unspecified atom stereocenters. The first-order valence-corrected chi connectivity index (χ1v) is 8.46. The molecule has 0 spiro atoms. The first-order valence-electron chi connectivity index (χ1n) is 7.58. The van der Waals surface area contributed by atoms with Crippen molar-refractivity contribution in [1.29, 1.82) is 0 Å². The van der Waals surface area contributed by atoms with Crippen molar-refractivity contribution in [2.24, 2.45) is 0 Å². The molecule has 1 heterocycles. The zero-order valence-corrected chi connectivity index (χ0v) is 13.0. The van der Waals surface area contributed by atoms with Gasteiger partial charge in [0.15, 0.2) is 0 Å². The van der Waals surface area contributed by atoms with Gasteiger partial charge in [-0.05, 0) is 66.3 Å². The fourth-order valence-corrected chi connectivity index (χ4v) is 3.99. The summed E-state index contributed by atoms with van der Waals surface area (Å²) in [5.74, 6) is 0.729. The molecule has 2 aromatic carbocycles. The quantitative estimate of drug-likeness (QED) is 0.666. The zero-order chi connectivity index (χ0) is 14.2. The van der Waals surface area contributed by atoms with Crippen LogP contribution in [0.15, 0.2) is 53.9 Å². The Kier molecular flexibility index (Phi) is 3.19. The molecule has 1 nitrogen and oxygen atoms in total. The van der Waals surface area contributed by atoms with Gasteiger partial charge >= 0.3 is 0 Å². The van der Waals surface area contributed by atoms with Crippen LogP contribution >= 0.6 is 11.3 Å². The molecule has 106 valence electrons. The highest BCUT2D eigenvalue weighted by atomic mass is 32.1. The van der Waals surface area contributed by atoms with Crippen molar-refractivity contribution in [3.8, 4) is 0 Å². The van der Waals surface area contributed by atoms with Crippen LogP contribution in [-0.2, 0) is 0 Å². The van der Waals surface area contributed by atoms with Crippen LogP contribution in [-0.4, -0.2) is 6.04 Å². The van der Waals surface area contributed by atoms with Crippen molar-refractivity contribution in [2.75, 3.05) is 5.32 Å². The van der Waals surface area contributed by atoms with Crippen molar-refractivity contribution in [3.05, 3.63) is 65.0 Å². The fourth-order valence-electron chi connectivity index (χ4n) is 3.22. The lowest BCUT2D eigenvalue weighted by Gasteiger charge is -2.37. The van der Waals surface area contributed by atoms with E-state index >= 15 is 0 Å². The van der Waals surface area contributed by atoms with E-state index in [4.69, 9.17) is 0 Å². The number of hydrogen-bond donors (Lipinski definition) is 1. The summed E-state index contributed by atoms with van der Waals surface area (Å²) in [7, 11) is 0. The summed E-state index contributed by atoms with van der Waals surface area (Å²) in [6, 6.07) is 18.5. The Balaban J connectivity index is 1.41. The van der Waals surface area contributed by atoms with Gasteiger partial charge in [0.25, 0.3) is 0 Å². The second-order valence-corrected chi connectivity index (χ2v) is 7.04. The number of aryl methyl sites for hydroxylation is 1. The maximum absolute atomic E-state index is 3.68. The molecular weight excluding hydrogens is 274 g/mol. The van der Waals surface area contributed by atoms with E-state index < -0.39 is 0 Å². The maximum Gasteiger partial charge on any atom is 0.0349 e. The van der Waals surface area contributed by atoms with Crippen molar-refractivity contribution in [3.63, 3.8) is 0 Å². The summed E-state index contributed by atoms with van der Waals surface area (Å²) in [6.45, 7) is 2.17. The van der Waals surface area contributed by atoms with Crippen molar-refractivity contribution in [2.45, 2.75) is 31.7 Å². The summed E-state index contributed by atoms with van der Waals surface area (Å²) in [5, 5.41) is 7.18. The predicted octanol–water partition coefficient (Wildman–Crippen LogP) is 5.57. The Labute approximate surface area is 129 Å². The smallest absolute Gasteiger partial charge is 0.0349 e. The summed E-state index contributed by atoms with van der Waals surface area (Å²) in [4.78, 5) is 0. The highest BCUT2D eigenvalue weighted by molar-refractivity contribution is 7.17. The predicted molar refractivity (Wildman–Crippen MR) is 92.4 cm³/mol. The van der Waals surface area contributed by atoms with E-state index in [-0.39, 0.29) is 0 Å². The van der Waals surface area contributed by atoms with Crippen LogP contribution in [0.5, 0.6) is 0 Å². The molecule has 3 aromatic rings. The minimum atomic E-state index is 0.617. The number of hydrogen-bond acceptors (Lipinski definition) is 2. The average molecular weight is 293 g/mol. The summed E-state index contributed by atoms with van der Waals surface area (Å²) in [6.07, 6.45) is 2.48. The lowest BCUT2D eigenvalue weighted by molar-refractivity contribution is 0.374. The Bertz CT molecular complexity index is 768. The monoisotopic (exact) mass is 293 g/mol. The lowest BCUT2D eigenvalue weighted by atomic mass is 9.75. The minimum Gasteiger partial charge on any atom is -0.382 e. The van der Waals surface area contributed by atoms with Gasteiger partial charge in [0, 0.05) is 16.4 Å². The van der Waals surface area contributed by atoms with Crippen LogP contribution in [0.2, 0.25) is 0 Å². The van der Waals surface area contributed by atoms with E-state index in [0.29, 0.717) is 6.04 Å². The number of thiophene rings is 1. The van der Waals surface area contributed by atoms with E-state index in [9.17, 15) is 0 Å². The van der Waals surface area contributed by atoms with Gasteiger partial charge in [-0.15, -0.1) is 11.3 Å². The maximum atomic E-state index is 3.68. The molecule has 0 amide bonds. The second-order valence-electron chi connectivity index (χ2n) is 6.10. The molecule has 21 heavy (non-hydrogen) atoms. The van der Waals surface area contributed by atoms with Crippen LogP contribution < -0.4 is 5.32 Å². The van der Waals surface area contributed by atoms with E-state index in [1.54, 1.807) is 11.3 Å². The highest BCUT2D eigenvalue weighted by Crippen LogP contribution is 2.39. The van der Waals surface area contributed by atoms with Gasteiger partial charge in [-0.1, -0.05) is 29.8 Å². The summed E-state index contributed by atoms with van der Waals surface area (Å²) >= 11 is 1.81. The molecule has 0 saturated heterocycles. The SMILES string of the molecule is Cc1cccc(C2CC(Nc3ccc4sccc4c3)C2)c1. The second kappa shape index (κ2) is 5.19. The minimum absolute atomic E-state index is 0.617. The van der Waals surface area contributed by atoms with Crippen LogP contribution in [0.4, 0.5) is 5.69 Å². The number of benzene rings is 2. The van der Waals surface area contributed by atoms with Crippen LogP contribution in [0.25, 0.3) is 10.1 Å². The van der Waals surface area contributed by atoms with Crippen molar-refractivity contribution < 1.29 is 0 Å². The largest absolute Gasteiger partial charge is 0.382 e. The average Bonchev–Trinajstić information content (AvgIpc) is 2.89. The molecule has 0 atom stereocenters. The summed E-state index contributed by atoms with van der Waals surface area (Å²) in [5.41, 5.74) is 4.13. The van der Waals surface area contributed by atoms with Gasteiger partial charge in [-0.3, -0.25) is 0 Å². The normalized spacial score (nSPS) is 21.2. The van der Waals surface area contributed by atoms with E-state index in [2.05, 4.69) is 66.2 Å². The number of anilines is 1. The number of fused-ring (bicyclic) bond motifs is 1. The zero-order valence-electron chi connectivity index (χ0n) is 12.2. The van der Waals surface area contributed by atoms with Crippen LogP contribution in [0.1, 0.15) is 29.9 Å². The third kappa shape index (κ3) is 2.56. The van der Waals surface area contributed by atoms with Gasteiger partial charge in [0.1, 0.15) is 0 Å². The van der Waals surface area contributed by atoms with Gasteiger partial charge in [0.05, 0.1) is 0 Å². The third-order valence-electron chi connectivity index (χ3n) is 4.47. The molecule has 0 radical (unpaired) electrons. The Hall–Kier alpha value is -1.80. The van der Waals surface area contributed by atoms with Crippen LogP contribution in [0, 0.1) is 6.92 Å². The van der Waals surface area contributed by atoms with Gasteiger partial charge < -0.3 is 5.32 Å². The molecule has 2 heteroatoms. The first-order chi connectivity index (χ1) is 10.3. The molecule has 1 saturated carbocycles. The van der Waals surface area contributed by atoms with Crippen molar-refractivity contribution >= 4 is 27.1 Å². The van der Waals surface area contributed by atoms with Gasteiger partial charge in [-0.2, -0.15) is 0 Å². The number of nitrogens with one attached hydrogen (secondary N) is 1. The van der Waals surface area contributed by atoms with Gasteiger partial charge in [0.2, 0.25) is 0 Å². The Morgan fingerprint density at radius 1 is 1.05 bits per heavy atom. The Morgan fingerprint density at radius 3 is 2.81 bits per heavy atom. The molecule has 1 N–H and O–H groups in total. The molecular formula is C19H19NS. The molecule has 4 rings (SSSR count). The fraction of sp³-hybridized carbons (Fsp3) is 0.263. The van der Waals surface area contributed by atoms with E-state index in [1.807, 2.05) is 0 Å². The first kappa shape index (κ1) is 12.9. The Morgan fingerprint density at radius 2 is 1.95 bits per heavy atom. The molecule has 0 bridgehead atoms. The van der Waals surface area contributed by atoms with Crippen LogP contribution in [0.3, 0.4) is 0 Å². The molecule has 0 aliphatic heterocycles. The standard InChI is InChI=1S/C19H19NS/c1-13-3-2-4-14(9-13)16-11-18(12-16)20-17-5-6-19-15(10-17)7-8-21-19/h2-10,16,18,20H,11-12H2,1H3. The van der Waals surface area contributed by atoms with E-state index in [1.165, 1.54) is 39.7 Å². The molecule has 1 aliphatic carbocycles. The van der Waals surface area contributed by atoms with Crippen molar-refractivity contribution in [1.82, 2.24) is 0 Å². The lowest BCUT2D eigenvalue weighted by Crippen LogP contribution is -2.33. The van der Waals surface area contributed by atoms with Gasteiger partial charge in [-0.25, -0.2) is 0 Å². The highest BCUT2D eigenvalue weighted by Gasteiger charge is 2.30. The molecule has 1 aliphatic rings. The molecule has 1 fully saturated rings. The van der Waals surface area contributed by atoms with E-state index in [0.717, 1.165) is 5.92 Å². The number of rotatable bonds is 3. The summed E-state index contributed by atoms with van der Waals surface area (Å²) < 4.78 is 1.37. The molecule has 1 aromatic heterocycles.